The number of para-hydroxylation sites is 1. The maximum Gasteiger partial charge on any atom is 0.0820 e. The van der Waals surface area contributed by atoms with E-state index in [1.807, 2.05) is 36.4 Å². The molecule has 0 aliphatic rings. The van der Waals surface area contributed by atoms with Crippen LogP contribution in [0, 0.1) is 6.92 Å². The van der Waals surface area contributed by atoms with Gasteiger partial charge in [-0.15, -0.1) is 0 Å². The highest BCUT2D eigenvalue weighted by atomic mass is 14.8. The Labute approximate surface area is 112 Å². The van der Waals surface area contributed by atoms with Gasteiger partial charge in [-0.05, 0) is 31.2 Å². The van der Waals surface area contributed by atoms with Gasteiger partial charge in [-0.3, -0.25) is 4.99 Å². The number of nitrogens with zero attached hydrogens (tertiary/aromatic N) is 2. The summed E-state index contributed by atoms with van der Waals surface area (Å²) in [6, 6.07) is 20.3. The molecule has 0 aliphatic carbocycles. The number of hydrogen-bond acceptors (Lipinski definition) is 2. The topological polar surface area (TPSA) is 25.2 Å². The average Bonchev–Trinajstić information content (AvgIpc) is 2.46. The SMILES string of the molecule is Cc1ccc(N=Cc2ccc3ccccc3n2)cc1. The number of rotatable bonds is 2. The van der Waals surface area contributed by atoms with Crippen molar-refractivity contribution in [1.29, 1.82) is 0 Å². The third kappa shape index (κ3) is 2.68. The van der Waals surface area contributed by atoms with Crippen molar-refractivity contribution in [2.24, 2.45) is 4.99 Å². The van der Waals surface area contributed by atoms with Crippen molar-refractivity contribution >= 4 is 22.8 Å². The van der Waals surface area contributed by atoms with Crippen LogP contribution in [0.5, 0.6) is 0 Å². The van der Waals surface area contributed by atoms with Gasteiger partial charge in [0.2, 0.25) is 0 Å². The number of aryl methyl sites for hydroxylation is 1. The zero-order chi connectivity index (χ0) is 13.1. The van der Waals surface area contributed by atoms with Gasteiger partial charge in [0.05, 0.1) is 23.1 Å². The lowest BCUT2D eigenvalue weighted by Gasteiger charge is -1.98. The molecular formula is C17H14N2. The molecule has 2 nitrogen and oxygen atoms in total. The summed E-state index contributed by atoms with van der Waals surface area (Å²) < 4.78 is 0. The second-order valence-corrected chi connectivity index (χ2v) is 4.52. The molecule has 1 heterocycles. The predicted molar refractivity (Wildman–Crippen MR) is 80.2 cm³/mol. The van der Waals surface area contributed by atoms with Crippen LogP contribution in [0.3, 0.4) is 0 Å². The summed E-state index contributed by atoms with van der Waals surface area (Å²) in [5.74, 6) is 0. The fourth-order valence-corrected chi connectivity index (χ4v) is 1.93. The molecule has 2 aromatic carbocycles. The Morgan fingerprint density at radius 2 is 1.68 bits per heavy atom. The van der Waals surface area contributed by atoms with Gasteiger partial charge in [0.1, 0.15) is 0 Å². The molecule has 1 aromatic heterocycles. The number of benzene rings is 2. The van der Waals surface area contributed by atoms with E-state index in [0.29, 0.717) is 0 Å². The van der Waals surface area contributed by atoms with Crippen LogP contribution in [-0.2, 0) is 0 Å². The molecule has 0 radical (unpaired) electrons. The number of fused-ring (bicyclic) bond motifs is 1. The molecule has 3 rings (SSSR count). The van der Waals surface area contributed by atoms with E-state index in [1.165, 1.54) is 5.56 Å². The van der Waals surface area contributed by atoms with Gasteiger partial charge >= 0.3 is 0 Å². The Hall–Kier alpha value is -2.48. The molecule has 92 valence electrons. The van der Waals surface area contributed by atoms with Gasteiger partial charge in [0.15, 0.2) is 0 Å². The second kappa shape index (κ2) is 5.02. The van der Waals surface area contributed by atoms with Gasteiger partial charge in [0.25, 0.3) is 0 Å². The fourth-order valence-electron chi connectivity index (χ4n) is 1.93. The third-order valence-corrected chi connectivity index (χ3v) is 3.00. The first kappa shape index (κ1) is 11.6. The highest BCUT2D eigenvalue weighted by molar-refractivity contribution is 5.86. The maximum atomic E-state index is 4.56. The van der Waals surface area contributed by atoms with Crippen LogP contribution in [-0.4, -0.2) is 11.2 Å². The molecule has 19 heavy (non-hydrogen) atoms. The standard InChI is InChI=1S/C17H14N2/c1-13-6-9-15(10-7-13)18-12-16-11-8-14-4-2-3-5-17(14)19-16/h2-12H,1H3. The minimum absolute atomic E-state index is 0.874. The zero-order valence-electron chi connectivity index (χ0n) is 10.7. The number of aromatic nitrogens is 1. The highest BCUT2D eigenvalue weighted by Crippen LogP contribution is 2.14. The van der Waals surface area contributed by atoms with Gasteiger partial charge in [-0.2, -0.15) is 0 Å². The molecule has 0 bridgehead atoms. The Morgan fingerprint density at radius 1 is 0.895 bits per heavy atom. The molecule has 2 heteroatoms. The van der Waals surface area contributed by atoms with E-state index < -0.39 is 0 Å². The molecule has 3 aromatic rings. The Morgan fingerprint density at radius 3 is 2.53 bits per heavy atom. The van der Waals surface area contributed by atoms with Crippen LogP contribution in [0.2, 0.25) is 0 Å². The second-order valence-electron chi connectivity index (χ2n) is 4.52. The molecule has 0 saturated heterocycles. The van der Waals surface area contributed by atoms with Crippen LogP contribution < -0.4 is 0 Å². The van der Waals surface area contributed by atoms with Crippen molar-refractivity contribution in [3.05, 3.63) is 71.9 Å². The van der Waals surface area contributed by atoms with E-state index in [4.69, 9.17) is 0 Å². The first-order chi connectivity index (χ1) is 9.31. The lowest BCUT2D eigenvalue weighted by molar-refractivity contribution is 1.37. The Bertz CT molecular complexity index is 728. The first-order valence-electron chi connectivity index (χ1n) is 6.28. The average molecular weight is 246 g/mol. The summed E-state index contributed by atoms with van der Waals surface area (Å²) in [7, 11) is 0. The van der Waals surface area contributed by atoms with Crippen LogP contribution in [0.4, 0.5) is 5.69 Å². The van der Waals surface area contributed by atoms with Crippen molar-refractivity contribution in [2.75, 3.05) is 0 Å². The van der Waals surface area contributed by atoms with E-state index in [1.54, 1.807) is 6.21 Å². The number of hydrogen-bond donors (Lipinski definition) is 0. The lowest BCUT2D eigenvalue weighted by Crippen LogP contribution is -1.87. The van der Waals surface area contributed by atoms with Crippen molar-refractivity contribution in [3.8, 4) is 0 Å². The van der Waals surface area contributed by atoms with Gasteiger partial charge in [-0.1, -0.05) is 42.0 Å². The van der Waals surface area contributed by atoms with E-state index in [0.717, 1.165) is 22.3 Å². The quantitative estimate of drug-likeness (QED) is 0.619. The summed E-state index contributed by atoms with van der Waals surface area (Å²) in [6.45, 7) is 2.07. The third-order valence-electron chi connectivity index (χ3n) is 3.00. The summed E-state index contributed by atoms with van der Waals surface area (Å²) in [5.41, 5.74) is 4.05. The summed E-state index contributed by atoms with van der Waals surface area (Å²) in [4.78, 5) is 9.00. The summed E-state index contributed by atoms with van der Waals surface area (Å²) >= 11 is 0. The molecule has 0 fully saturated rings. The van der Waals surface area contributed by atoms with Crippen LogP contribution in [0.25, 0.3) is 10.9 Å². The fraction of sp³-hybridized carbons (Fsp3) is 0.0588. The molecule has 0 spiro atoms. The summed E-state index contributed by atoms with van der Waals surface area (Å²) in [6.07, 6.45) is 1.80. The monoisotopic (exact) mass is 246 g/mol. The Balaban J connectivity index is 1.90. The smallest absolute Gasteiger partial charge is 0.0820 e. The molecule has 0 N–H and O–H groups in total. The van der Waals surface area contributed by atoms with E-state index in [-0.39, 0.29) is 0 Å². The molecular weight excluding hydrogens is 232 g/mol. The minimum Gasteiger partial charge on any atom is -0.255 e. The van der Waals surface area contributed by atoms with Crippen molar-refractivity contribution in [1.82, 2.24) is 4.98 Å². The lowest BCUT2D eigenvalue weighted by atomic mass is 10.2. The van der Waals surface area contributed by atoms with Crippen LogP contribution >= 0.6 is 0 Å². The van der Waals surface area contributed by atoms with Gasteiger partial charge in [0, 0.05) is 5.39 Å². The molecule has 0 amide bonds. The largest absolute Gasteiger partial charge is 0.255 e. The number of pyridine rings is 1. The predicted octanol–water partition coefficient (Wildman–Crippen LogP) is 4.29. The van der Waals surface area contributed by atoms with Crippen molar-refractivity contribution in [3.63, 3.8) is 0 Å². The molecule has 0 atom stereocenters. The normalized spacial score (nSPS) is 11.2. The molecule has 0 unspecified atom stereocenters. The van der Waals surface area contributed by atoms with Gasteiger partial charge < -0.3 is 0 Å². The molecule has 0 aliphatic heterocycles. The maximum absolute atomic E-state index is 4.56. The molecule has 0 saturated carbocycles. The van der Waals surface area contributed by atoms with E-state index >= 15 is 0 Å². The summed E-state index contributed by atoms with van der Waals surface area (Å²) in [5, 5.41) is 1.15. The van der Waals surface area contributed by atoms with Crippen molar-refractivity contribution < 1.29 is 0 Å². The zero-order valence-corrected chi connectivity index (χ0v) is 10.7. The van der Waals surface area contributed by atoms with Crippen LogP contribution in [0.1, 0.15) is 11.3 Å². The first-order valence-corrected chi connectivity index (χ1v) is 6.28. The van der Waals surface area contributed by atoms with E-state index in [2.05, 4.69) is 41.2 Å². The Kier molecular flexibility index (Phi) is 3.07. The van der Waals surface area contributed by atoms with Crippen molar-refractivity contribution in [2.45, 2.75) is 6.92 Å². The number of aliphatic imine (C=N–C) groups is 1. The van der Waals surface area contributed by atoms with Gasteiger partial charge in [-0.25, -0.2) is 4.98 Å². The van der Waals surface area contributed by atoms with Crippen LogP contribution in [0.15, 0.2) is 65.7 Å². The minimum atomic E-state index is 0.874. The van der Waals surface area contributed by atoms with E-state index in [9.17, 15) is 0 Å². The highest BCUT2D eigenvalue weighted by Gasteiger charge is 1.95.